The number of rotatable bonds is 2. The molecule has 0 aliphatic carbocycles. The molecule has 0 nitrogen and oxygen atoms in total. The molecule has 0 spiro atoms. The van der Waals surface area contributed by atoms with Gasteiger partial charge in [0.25, 0.3) is 0 Å². The second-order valence-corrected chi connectivity index (χ2v) is 11.0. The van der Waals surface area contributed by atoms with Crippen LogP contribution in [0.25, 0.3) is 43.8 Å². The SMILES string of the molecule is Cc1c(-c2cc3ccccc3cc2Br)c(Br)cc(Br)c1-c1cc2ccccc2cc1Br. The van der Waals surface area contributed by atoms with Crippen molar-refractivity contribution in [2.24, 2.45) is 0 Å². The Bertz CT molecular complexity index is 1380. The van der Waals surface area contributed by atoms with Crippen LogP contribution >= 0.6 is 63.7 Å². The predicted molar refractivity (Wildman–Crippen MR) is 148 cm³/mol. The Labute approximate surface area is 215 Å². The number of hydrogen-bond acceptors (Lipinski definition) is 0. The third kappa shape index (κ3) is 3.82. The summed E-state index contributed by atoms with van der Waals surface area (Å²) in [6.45, 7) is 2.20. The summed E-state index contributed by atoms with van der Waals surface area (Å²) in [7, 11) is 0. The van der Waals surface area contributed by atoms with E-state index in [2.05, 4.69) is 150 Å². The molecule has 0 heterocycles. The van der Waals surface area contributed by atoms with Gasteiger partial charge in [-0.3, -0.25) is 0 Å². The average molecular weight is 660 g/mol. The zero-order chi connectivity index (χ0) is 21.7. The summed E-state index contributed by atoms with van der Waals surface area (Å²) in [4.78, 5) is 0. The fraction of sp³-hybridized carbons (Fsp3) is 0.0370. The summed E-state index contributed by atoms with van der Waals surface area (Å²) in [5, 5.41) is 4.90. The molecule has 0 aliphatic rings. The lowest BCUT2D eigenvalue weighted by molar-refractivity contribution is 1.40. The molecule has 0 N–H and O–H groups in total. The second-order valence-electron chi connectivity index (χ2n) is 7.57. The Morgan fingerprint density at radius 1 is 0.452 bits per heavy atom. The van der Waals surface area contributed by atoms with Crippen molar-refractivity contribution in [3.05, 3.63) is 102 Å². The second kappa shape index (κ2) is 8.47. The Morgan fingerprint density at radius 3 is 1.19 bits per heavy atom. The van der Waals surface area contributed by atoms with Gasteiger partial charge in [0.2, 0.25) is 0 Å². The highest BCUT2D eigenvalue weighted by atomic mass is 79.9. The summed E-state index contributed by atoms with van der Waals surface area (Å²) in [5.41, 5.74) is 5.95. The summed E-state index contributed by atoms with van der Waals surface area (Å²) in [6.07, 6.45) is 0. The van der Waals surface area contributed by atoms with Gasteiger partial charge in [0.05, 0.1) is 0 Å². The molecule has 0 fully saturated rings. The standard InChI is InChI=1S/C27H16Br4/c1-15-26(20-10-16-6-2-4-8-18(16)12-22(20)28)24(30)14-25(31)27(15)21-11-17-7-3-5-9-19(17)13-23(21)29/h2-14H,1H3. The van der Waals surface area contributed by atoms with Gasteiger partial charge in [0, 0.05) is 29.0 Å². The first kappa shape index (κ1) is 21.4. The number of halogens is 4. The van der Waals surface area contributed by atoms with E-state index in [1.165, 1.54) is 49.4 Å². The van der Waals surface area contributed by atoms with Crippen LogP contribution in [0.3, 0.4) is 0 Å². The van der Waals surface area contributed by atoms with Crippen molar-refractivity contribution in [3.63, 3.8) is 0 Å². The quantitative estimate of drug-likeness (QED) is 0.177. The van der Waals surface area contributed by atoms with Gasteiger partial charge in [-0.05, 0) is 75.5 Å². The molecule has 0 bridgehead atoms. The van der Waals surface area contributed by atoms with Gasteiger partial charge < -0.3 is 0 Å². The number of hydrogen-bond donors (Lipinski definition) is 0. The maximum Gasteiger partial charge on any atom is 0.0268 e. The lowest BCUT2D eigenvalue weighted by Crippen LogP contribution is -1.94. The highest BCUT2D eigenvalue weighted by Crippen LogP contribution is 2.46. The Morgan fingerprint density at radius 2 is 0.806 bits per heavy atom. The molecule has 5 aromatic rings. The summed E-state index contributed by atoms with van der Waals surface area (Å²) >= 11 is 15.3. The van der Waals surface area contributed by atoms with Crippen molar-refractivity contribution >= 4 is 85.3 Å². The minimum atomic E-state index is 1.06. The van der Waals surface area contributed by atoms with E-state index in [9.17, 15) is 0 Å². The van der Waals surface area contributed by atoms with Crippen molar-refractivity contribution in [1.82, 2.24) is 0 Å². The normalized spacial score (nSPS) is 11.4. The molecule has 4 heteroatoms. The van der Waals surface area contributed by atoms with E-state index >= 15 is 0 Å². The van der Waals surface area contributed by atoms with E-state index in [-0.39, 0.29) is 0 Å². The predicted octanol–water partition coefficient (Wildman–Crippen LogP) is 10.7. The molecule has 0 amide bonds. The first-order chi connectivity index (χ1) is 14.9. The van der Waals surface area contributed by atoms with Crippen LogP contribution in [-0.4, -0.2) is 0 Å². The van der Waals surface area contributed by atoms with E-state index < -0.39 is 0 Å². The summed E-state index contributed by atoms with van der Waals surface area (Å²) in [5.74, 6) is 0. The minimum absolute atomic E-state index is 1.06. The zero-order valence-corrected chi connectivity index (χ0v) is 22.9. The number of fused-ring (bicyclic) bond motifs is 2. The van der Waals surface area contributed by atoms with Gasteiger partial charge in [-0.25, -0.2) is 0 Å². The third-order valence-electron chi connectivity index (χ3n) is 5.69. The first-order valence-corrected chi connectivity index (χ1v) is 13.0. The van der Waals surface area contributed by atoms with Gasteiger partial charge in [-0.1, -0.05) is 112 Å². The molecule has 0 saturated carbocycles. The van der Waals surface area contributed by atoms with Gasteiger partial charge in [0.15, 0.2) is 0 Å². The van der Waals surface area contributed by atoms with Gasteiger partial charge in [-0.15, -0.1) is 0 Å². The Balaban J connectivity index is 1.81. The topological polar surface area (TPSA) is 0 Å². The lowest BCUT2D eigenvalue weighted by Gasteiger charge is -2.19. The molecule has 5 aromatic carbocycles. The van der Waals surface area contributed by atoms with Gasteiger partial charge in [-0.2, -0.15) is 0 Å². The summed E-state index contributed by atoms with van der Waals surface area (Å²) < 4.78 is 4.30. The van der Waals surface area contributed by atoms with Crippen molar-refractivity contribution in [2.45, 2.75) is 6.92 Å². The van der Waals surface area contributed by atoms with Crippen LogP contribution in [0.1, 0.15) is 5.56 Å². The molecular formula is C27H16Br4. The van der Waals surface area contributed by atoms with E-state index in [1.807, 2.05) is 0 Å². The molecule has 31 heavy (non-hydrogen) atoms. The van der Waals surface area contributed by atoms with Crippen molar-refractivity contribution < 1.29 is 0 Å². The van der Waals surface area contributed by atoms with Gasteiger partial charge >= 0.3 is 0 Å². The molecule has 0 aromatic heterocycles. The molecule has 0 unspecified atom stereocenters. The van der Waals surface area contributed by atoms with Crippen molar-refractivity contribution in [2.75, 3.05) is 0 Å². The summed E-state index contributed by atoms with van der Waals surface area (Å²) in [6, 6.07) is 28.0. The van der Waals surface area contributed by atoms with E-state index in [4.69, 9.17) is 0 Å². The molecular weight excluding hydrogens is 644 g/mol. The van der Waals surface area contributed by atoms with Crippen LogP contribution in [0.15, 0.2) is 96.8 Å². The molecule has 0 aliphatic heterocycles. The molecule has 5 rings (SSSR count). The highest BCUT2D eigenvalue weighted by molar-refractivity contribution is 9.11. The van der Waals surface area contributed by atoms with Gasteiger partial charge in [0.1, 0.15) is 0 Å². The fourth-order valence-electron chi connectivity index (χ4n) is 4.21. The molecule has 0 atom stereocenters. The monoisotopic (exact) mass is 656 g/mol. The lowest BCUT2D eigenvalue weighted by atomic mass is 9.91. The van der Waals surface area contributed by atoms with Crippen LogP contribution in [0.5, 0.6) is 0 Å². The van der Waals surface area contributed by atoms with Crippen LogP contribution < -0.4 is 0 Å². The average Bonchev–Trinajstić information content (AvgIpc) is 2.74. The van der Waals surface area contributed by atoms with E-state index in [0.29, 0.717) is 0 Å². The zero-order valence-electron chi connectivity index (χ0n) is 16.5. The largest absolute Gasteiger partial charge is 0.0616 e. The first-order valence-electron chi connectivity index (χ1n) is 9.80. The Kier molecular flexibility index (Phi) is 5.85. The number of benzene rings is 5. The van der Waals surface area contributed by atoms with Crippen LogP contribution in [0.4, 0.5) is 0 Å². The van der Waals surface area contributed by atoms with E-state index in [1.54, 1.807) is 0 Å². The minimum Gasteiger partial charge on any atom is -0.0616 e. The maximum atomic E-state index is 3.84. The molecule has 0 radical (unpaired) electrons. The van der Waals surface area contributed by atoms with Crippen LogP contribution in [-0.2, 0) is 0 Å². The van der Waals surface area contributed by atoms with Crippen LogP contribution in [0.2, 0.25) is 0 Å². The molecule has 152 valence electrons. The highest BCUT2D eigenvalue weighted by Gasteiger charge is 2.20. The fourth-order valence-corrected chi connectivity index (χ4v) is 7.11. The Hall–Kier alpha value is -1.46. The maximum absolute atomic E-state index is 3.84. The van der Waals surface area contributed by atoms with Crippen molar-refractivity contribution in [3.8, 4) is 22.3 Å². The smallest absolute Gasteiger partial charge is 0.0268 e. The van der Waals surface area contributed by atoms with E-state index in [0.717, 1.165) is 17.9 Å². The van der Waals surface area contributed by atoms with Crippen molar-refractivity contribution in [1.29, 1.82) is 0 Å². The molecule has 0 saturated heterocycles. The van der Waals surface area contributed by atoms with Crippen LogP contribution in [0, 0.1) is 6.92 Å². The third-order valence-corrected chi connectivity index (χ3v) is 8.25.